The Hall–Kier alpha value is -2.36. The van der Waals surface area contributed by atoms with Crippen LogP contribution in [0.1, 0.15) is 47.0 Å². The van der Waals surface area contributed by atoms with E-state index in [-0.39, 0.29) is 17.8 Å². The number of aliphatic carboxylic acids is 1. The smallest absolute Gasteiger partial charge is 0.326 e. The van der Waals surface area contributed by atoms with Crippen LogP contribution in [0, 0.1) is 11.8 Å². The van der Waals surface area contributed by atoms with Gasteiger partial charge in [-0.3, -0.25) is 14.6 Å². The Kier molecular flexibility index (Phi) is 11.0. The first-order valence-corrected chi connectivity index (χ1v) is 9.10. The molecule has 156 valence electrons. The number of nitrogens with zero attached hydrogens (tertiary/aromatic N) is 1. The highest BCUT2D eigenvalue weighted by Gasteiger charge is 2.30. The van der Waals surface area contributed by atoms with Gasteiger partial charge in [0.25, 0.3) is 0 Å². The largest absolute Gasteiger partial charge is 0.480 e. The predicted molar refractivity (Wildman–Crippen MR) is 104 cm³/mol. The zero-order valence-corrected chi connectivity index (χ0v) is 16.6. The molecule has 0 saturated heterocycles. The topological polar surface area (TPSA) is 186 Å². The Morgan fingerprint density at radius 3 is 2.07 bits per heavy atom. The van der Waals surface area contributed by atoms with Crippen molar-refractivity contribution in [3.63, 3.8) is 0 Å². The van der Waals surface area contributed by atoms with E-state index in [0.717, 1.165) is 0 Å². The quantitative estimate of drug-likeness (QED) is 0.143. The molecule has 3 unspecified atom stereocenters. The van der Waals surface area contributed by atoms with Gasteiger partial charge in [-0.05, 0) is 31.1 Å². The van der Waals surface area contributed by atoms with Gasteiger partial charge in [0.15, 0.2) is 5.96 Å². The van der Waals surface area contributed by atoms with Gasteiger partial charge in [0, 0.05) is 6.54 Å². The van der Waals surface area contributed by atoms with Crippen LogP contribution in [0.4, 0.5) is 0 Å². The molecule has 0 aliphatic carbocycles. The van der Waals surface area contributed by atoms with E-state index in [4.69, 9.17) is 17.2 Å². The molecule has 0 radical (unpaired) electrons. The number of guanidine groups is 1. The summed E-state index contributed by atoms with van der Waals surface area (Å²) in [6.07, 6.45) is 1.16. The van der Waals surface area contributed by atoms with Crippen molar-refractivity contribution in [2.45, 2.75) is 65.1 Å². The minimum Gasteiger partial charge on any atom is -0.480 e. The summed E-state index contributed by atoms with van der Waals surface area (Å²) in [6.45, 7) is 7.60. The Morgan fingerprint density at radius 2 is 1.63 bits per heavy atom. The number of hydrogen-bond donors (Lipinski definition) is 6. The number of hydrogen-bond acceptors (Lipinski definition) is 5. The van der Waals surface area contributed by atoms with E-state index in [1.165, 1.54) is 0 Å². The van der Waals surface area contributed by atoms with Crippen LogP contribution in [0.25, 0.3) is 0 Å². The zero-order valence-electron chi connectivity index (χ0n) is 16.6. The lowest BCUT2D eigenvalue weighted by molar-refractivity contribution is -0.143. The molecular weight excluding hydrogens is 352 g/mol. The Bertz CT molecular complexity index is 532. The molecule has 0 aromatic rings. The summed E-state index contributed by atoms with van der Waals surface area (Å²) in [7, 11) is 0. The highest BCUT2D eigenvalue weighted by Crippen LogP contribution is 2.08. The Labute approximate surface area is 160 Å². The van der Waals surface area contributed by atoms with Crippen molar-refractivity contribution >= 4 is 23.7 Å². The van der Waals surface area contributed by atoms with Crippen molar-refractivity contribution in [3.05, 3.63) is 0 Å². The third-order valence-corrected chi connectivity index (χ3v) is 3.87. The van der Waals surface area contributed by atoms with Crippen molar-refractivity contribution in [2.24, 2.45) is 34.0 Å². The number of aliphatic imine (C=N–C) groups is 1. The molecule has 2 amide bonds. The molecule has 0 saturated carbocycles. The Balaban J connectivity index is 4.81. The third kappa shape index (κ3) is 10.4. The number of carbonyl (C=O) groups excluding carboxylic acids is 2. The van der Waals surface area contributed by atoms with Crippen molar-refractivity contribution in [3.8, 4) is 0 Å². The minimum atomic E-state index is -1.11. The fourth-order valence-corrected chi connectivity index (χ4v) is 2.40. The summed E-state index contributed by atoms with van der Waals surface area (Å²) < 4.78 is 0. The number of carbonyl (C=O) groups is 3. The van der Waals surface area contributed by atoms with E-state index in [2.05, 4.69) is 15.6 Å². The second-order valence-corrected chi connectivity index (χ2v) is 7.31. The molecular formula is C17H34N6O4. The van der Waals surface area contributed by atoms with Crippen LogP contribution >= 0.6 is 0 Å². The van der Waals surface area contributed by atoms with Crippen LogP contribution in [-0.2, 0) is 14.4 Å². The van der Waals surface area contributed by atoms with Gasteiger partial charge in [0.2, 0.25) is 11.8 Å². The molecule has 0 aromatic heterocycles. The fourth-order valence-electron chi connectivity index (χ4n) is 2.40. The van der Waals surface area contributed by atoms with Gasteiger partial charge in [0.1, 0.15) is 12.1 Å². The number of carboxylic acids is 1. The summed E-state index contributed by atoms with van der Waals surface area (Å²) >= 11 is 0. The lowest BCUT2D eigenvalue weighted by atomic mass is 10.00. The molecule has 0 aliphatic heterocycles. The molecule has 3 atom stereocenters. The molecule has 0 fully saturated rings. The number of amides is 2. The molecule has 10 heteroatoms. The van der Waals surface area contributed by atoms with Crippen LogP contribution in [0.15, 0.2) is 4.99 Å². The second kappa shape index (κ2) is 12.1. The lowest BCUT2D eigenvalue weighted by Gasteiger charge is -2.25. The highest BCUT2D eigenvalue weighted by molar-refractivity contribution is 5.91. The summed E-state index contributed by atoms with van der Waals surface area (Å²) in [5, 5.41) is 14.4. The maximum atomic E-state index is 12.5. The van der Waals surface area contributed by atoms with Gasteiger partial charge in [-0.1, -0.05) is 27.7 Å². The van der Waals surface area contributed by atoms with E-state index in [9.17, 15) is 19.5 Å². The monoisotopic (exact) mass is 386 g/mol. The standard InChI is InChI=1S/C17H34N6O4/c1-9(2)8-12(16(26)27)22-15(25)13(10(3)4)23-14(24)11(18)6-5-7-21-17(19)20/h9-13H,5-8,18H2,1-4H3,(H,22,25)(H,23,24)(H,26,27)(H4,19,20,21). The molecule has 10 nitrogen and oxygen atoms in total. The van der Waals surface area contributed by atoms with E-state index < -0.39 is 35.9 Å². The maximum absolute atomic E-state index is 12.5. The predicted octanol–water partition coefficient (Wildman–Crippen LogP) is -0.876. The van der Waals surface area contributed by atoms with Crippen LogP contribution in [-0.4, -0.2) is 53.5 Å². The average Bonchev–Trinajstić information content (AvgIpc) is 2.54. The van der Waals surface area contributed by atoms with Crippen molar-refractivity contribution in [1.82, 2.24) is 10.6 Å². The van der Waals surface area contributed by atoms with Crippen LogP contribution in [0.2, 0.25) is 0 Å². The zero-order chi connectivity index (χ0) is 21.1. The molecule has 0 rings (SSSR count). The third-order valence-electron chi connectivity index (χ3n) is 3.87. The summed E-state index contributed by atoms with van der Waals surface area (Å²) in [6, 6.07) is -2.71. The molecule has 0 heterocycles. The molecule has 9 N–H and O–H groups in total. The van der Waals surface area contributed by atoms with Gasteiger partial charge in [-0.2, -0.15) is 0 Å². The molecule has 0 aliphatic rings. The summed E-state index contributed by atoms with van der Waals surface area (Å²) in [5.41, 5.74) is 16.3. The average molecular weight is 386 g/mol. The number of carboxylic acid groups (broad SMARTS) is 1. The van der Waals surface area contributed by atoms with Crippen LogP contribution in [0.3, 0.4) is 0 Å². The van der Waals surface area contributed by atoms with Crippen LogP contribution < -0.4 is 27.8 Å². The Morgan fingerprint density at radius 1 is 1.04 bits per heavy atom. The number of nitrogens with two attached hydrogens (primary N) is 3. The van der Waals surface area contributed by atoms with Crippen LogP contribution in [0.5, 0.6) is 0 Å². The molecule has 0 aromatic carbocycles. The maximum Gasteiger partial charge on any atom is 0.326 e. The lowest BCUT2D eigenvalue weighted by Crippen LogP contribution is -2.56. The first kappa shape index (κ1) is 24.6. The van der Waals surface area contributed by atoms with Crippen molar-refractivity contribution in [1.29, 1.82) is 0 Å². The first-order valence-electron chi connectivity index (χ1n) is 9.10. The second-order valence-electron chi connectivity index (χ2n) is 7.31. The summed E-state index contributed by atoms with van der Waals surface area (Å²) in [4.78, 5) is 39.9. The van der Waals surface area contributed by atoms with E-state index in [1.54, 1.807) is 13.8 Å². The normalized spacial score (nSPS) is 14.3. The van der Waals surface area contributed by atoms with E-state index in [0.29, 0.717) is 25.8 Å². The number of nitrogens with one attached hydrogen (secondary N) is 2. The number of rotatable bonds is 12. The van der Waals surface area contributed by atoms with Gasteiger partial charge >= 0.3 is 5.97 Å². The fraction of sp³-hybridized carbons (Fsp3) is 0.765. The van der Waals surface area contributed by atoms with Crippen molar-refractivity contribution in [2.75, 3.05) is 6.54 Å². The highest BCUT2D eigenvalue weighted by atomic mass is 16.4. The molecule has 27 heavy (non-hydrogen) atoms. The minimum absolute atomic E-state index is 0.0288. The van der Waals surface area contributed by atoms with Gasteiger partial charge in [-0.15, -0.1) is 0 Å². The van der Waals surface area contributed by atoms with Gasteiger partial charge in [-0.25, -0.2) is 4.79 Å². The van der Waals surface area contributed by atoms with Gasteiger partial charge < -0.3 is 32.9 Å². The summed E-state index contributed by atoms with van der Waals surface area (Å²) in [5.74, 6) is -2.31. The SMILES string of the molecule is CC(C)CC(NC(=O)C(NC(=O)C(N)CCCN=C(N)N)C(C)C)C(=O)O. The van der Waals surface area contributed by atoms with Crippen molar-refractivity contribution < 1.29 is 19.5 Å². The van der Waals surface area contributed by atoms with Gasteiger partial charge in [0.05, 0.1) is 6.04 Å². The van der Waals surface area contributed by atoms with E-state index in [1.807, 2.05) is 13.8 Å². The molecule has 0 spiro atoms. The van der Waals surface area contributed by atoms with E-state index >= 15 is 0 Å². The first-order chi connectivity index (χ1) is 12.5. The molecule has 0 bridgehead atoms.